The third kappa shape index (κ3) is 2.77. The smallest absolute Gasteiger partial charge is 0.123 e. The first-order valence-electron chi connectivity index (χ1n) is 6.50. The third-order valence-electron chi connectivity index (χ3n) is 3.46. The van der Waals surface area contributed by atoms with Crippen molar-refractivity contribution < 1.29 is 9.13 Å². The Balaban J connectivity index is 1.97. The molecule has 0 radical (unpaired) electrons. The van der Waals surface area contributed by atoms with Gasteiger partial charge in [-0.3, -0.25) is 0 Å². The standard InChI is InChI=1S/C16H13Br2FO/c17-14-5-4-12(19)9-13(14)16(18)11-3-6-15-10(8-11)2-1-7-20-15/h3-6,8-9,16H,1-2,7H2. The van der Waals surface area contributed by atoms with E-state index in [-0.39, 0.29) is 10.6 Å². The third-order valence-corrected chi connectivity index (χ3v) is 5.20. The molecule has 0 N–H and O–H groups in total. The molecule has 0 aromatic heterocycles. The van der Waals surface area contributed by atoms with Crippen molar-refractivity contribution in [3.8, 4) is 5.75 Å². The highest BCUT2D eigenvalue weighted by Crippen LogP contribution is 2.38. The molecule has 0 fully saturated rings. The lowest BCUT2D eigenvalue weighted by atomic mass is 9.99. The molecule has 0 amide bonds. The number of hydrogen-bond donors (Lipinski definition) is 0. The fourth-order valence-electron chi connectivity index (χ4n) is 2.43. The van der Waals surface area contributed by atoms with Gasteiger partial charge in [-0.2, -0.15) is 0 Å². The van der Waals surface area contributed by atoms with E-state index in [1.54, 1.807) is 12.1 Å². The van der Waals surface area contributed by atoms with Crippen molar-refractivity contribution in [1.82, 2.24) is 0 Å². The van der Waals surface area contributed by atoms with E-state index in [1.807, 2.05) is 12.1 Å². The van der Waals surface area contributed by atoms with Gasteiger partial charge in [0.15, 0.2) is 0 Å². The Kier molecular flexibility index (Phi) is 4.13. The maximum atomic E-state index is 13.4. The fourth-order valence-corrected chi connectivity index (χ4v) is 3.87. The summed E-state index contributed by atoms with van der Waals surface area (Å²) in [6.45, 7) is 0.791. The maximum Gasteiger partial charge on any atom is 0.123 e. The highest BCUT2D eigenvalue weighted by molar-refractivity contribution is 9.11. The molecule has 1 atom stereocenters. The van der Waals surface area contributed by atoms with Gasteiger partial charge in [-0.1, -0.05) is 44.0 Å². The summed E-state index contributed by atoms with van der Waals surface area (Å²) in [6.07, 6.45) is 2.08. The Labute approximate surface area is 134 Å². The van der Waals surface area contributed by atoms with Crippen LogP contribution in [0.2, 0.25) is 0 Å². The quantitative estimate of drug-likeness (QED) is 0.614. The Morgan fingerprint density at radius 1 is 1.15 bits per heavy atom. The molecule has 1 heterocycles. The fraction of sp³-hybridized carbons (Fsp3) is 0.250. The summed E-state index contributed by atoms with van der Waals surface area (Å²) >= 11 is 7.15. The van der Waals surface area contributed by atoms with Crippen LogP contribution in [0.25, 0.3) is 0 Å². The molecular formula is C16H13Br2FO. The summed E-state index contributed by atoms with van der Waals surface area (Å²) in [5, 5.41) is 0. The largest absolute Gasteiger partial charge is 0.493 e. The highest BCUT2D eigenvalue weighted by atomic mass is 79.9. The van der Waals surface area contributed by atoms with E-state index in [2.05, 4.69) is 37.9 Å². The number of rotatable bonds is 2. The minimum absolute atomic E-state index is 0.0419. The SMILES string of the molecule is Fc1ccc(Br)c(C(Br)c2ccc3c(c2)CCCO3)c1. The zero-order valence-corrected chi connectivity index (χ0v) is 13.9. The summed E-state index contributed by atoms with van der Waals surface area (Å²) < 4.78 is 20.0. The molecule has 20 heavy (non-hydrogen) atoms. The molecule has 104 valence electrons. The van der Waals surface area contributed by atoms with E-state index in [4.69, 9.17) is 4.74 Å². The molecule has 0 bridgehead atoms. The van der Waals surface area contributed by atoms with Gasteiger partial charge in [-0.05, 0) is 53.8 Å². The summed E-state index contributed by atoms with van der Waals surface area (Å²) in [5.41, 5.74) is 3.23. The van der Waals surface area contributed by atoms with Crippen LogP contribution in [-0.4, -0.2) is 6.61 Å². The van der Waals surface area contributed by atoms with E-state index in [0.717, 1.165) is 40.8 Å². The van der Waals surface area contributed by atoms with Crippen molar-refractivity contribution >= 4 is 31.9 Å². The molecule has 1 aliphatic rings. The number of ether oxygens (including phenoxy) is 1. The van der Waals surface area contributed by atoms with Crippen LogP contribution in [0, 0.1) is 5.82 Å². The lowest BCUT2D eigenvalue weighted by Crippen LogP contribution is -2.09. The van der Waals surface area contributed by atoms with Crippen LogP contribution in [0.15, 0.2) is 40.9 Å². The Hall–Kier alpha value is -0.870. The Bertz CT molecular complexity index is 642. The molecule has 1 nitrogen and oxygen atoms in total. The molecule has 1 aliphatic heterocycles. The Morgan fingerprint density at radius 3 is 2.85 bits per heavy atom. The second kappa shape index (κ2) is 5.86. The van der Waals surface area contributed by atoms with Crippen LogP contribution in [0.1, 0.15) is 27.9 Å². The zero-order chi connectivity index (χ0) is 14.1. The average Bonchev–Trinajstić information content (AvgIpc) is 2.48. The molecular weight excluding hydrogens is 387 g/mol. The monoisotopic (exact) mass is 398 g/mol. The normalized spacial score (nSPS) is 15.3. The molecule has 2 aromatic carbocycles. The maximum absolute atomic E-state index is 13.4. The van der Waals surface area contributed by atoms with Crippen LogP contribution in [0.5, 0.6) is 5.75 Å². The molecule has 3 rings (SSSR count). The second-order valence-corrected chi connectivity index (χ2v) is 6.62. The summed E-state index contributed by atoms with van der Waals surface area (Å²) in [4.78, 5) is -0.0419. The van der Waals surface area contributed by atoms with Crippen molar-refractivity contribution in [3.63, 3.8) is 0 Å². The first kappa shape index (κ1) is 14.1. The van der Waals surface area contributed by atoms with Crippen molar-refractivity contribution in [2.24, 2.45) is 0 Å². The van der Waals surface area contributed by atoms with E-state index in [9.17, 15) is 4.39 Å². The predicted octanol–water partition coefficient (Wildman–Crippen LogP) is 5.40. The molecule has 0 spiro atoms. The van der Waals surface area contributed by atoms with Gasteiger partial charge in [0.25, 0.3) is 0 Å². The molecule has 0 saturated heterocycles. The second-order valence-electron chi connectivity index (χ2n) is 4.85. The molecule has 1 unspecified atom stereocenters. The van der Waals surface area contributed by atoms with Gasteiger partial charge in [0.1, 0.15) is 11.6 Å². The first-order chi connectivity index (χ1) is 9.65. The van der Waals surface area contributed by atoms with Gasteiger partial charge < -0.3 is 4.74 Å². The van der Waals surface area contributed by atoms with Gasteiger partial charge >= 0.3 is 0 Å². The highest BCUT2D eigenvalue weighted by Gasteiger charge is 2.17. The van der Waals surface area contributed by atoms with Gasteiger partial charge in [-0.25, -0.2) is 4.39 Å². The number of fused-ring (bicyclic) bond motifs is 1. The Morgan fingerprint density at radius 2 is 2.00 bits per heavy atom. The number of alkyl halides is 1. The van der Waals surface area contributed by atoms with E-state index >= 15 is 0 Å². The van der Waals surface area contributed by atoms with Gasteiger partial charge in [0.2, 0.25) is 0 Å². The number of hydrogen-bond acceptors (Lipinski definition) is 1. The molecule has 4 heteroatoms. The lowest BCUT2D eigenvalue weighted by molar-refractivity contribution is 0.288. The van der Waals surface area contributed by atoms with Crippen LogP contribution >= 0.6 is 31.9 Å². The van der Waals surface area contributed by atoms with Crippen LogP contribution in [0.3, 0.4) is 0 Å². The molecule has 2 aromatic rings. The minimum atomic E-state index is -0.228. The minimum Gasteiger partial charge on any atom is -0.493 e. The van der Waals surface area contributed by atoms with E-state index < -0.39 is 0 Å². The summed E-state index contributed by atoms with van der Waals surface area (Å²) in [7, 11) is 0. The average molecular weight is 400 g/mol. The van der Waals surface area contributed by atoms with Crippen molar-refractivity contribution in [1.29, 1.82) is 0 Å². The van der Waals surface area contributed by atoms with Gasteiger partial charge in [0, 0.05) is 4.47 Å². The van der Waals surface area contributed by atoms with Gasteiger partial charge in [-0.15, -0.1) is 0 Å². The first-order valence-corrected chi connectivity index (χ1v) is 8.20. The summed E-state index contributed by atoms with van der Waals surface area (Å²) in [6, 6.07) is 10.9. The van der Waals surface area contributed by atoms with Crippen LogP contribution in [-0.2, 0) is 6.42 Å². The topological polar surface area (TPSA) is 9.23 Å². The summed E-state index contributed by atoms with van der Waals surface area (Å²) in [5.74, 6) is 0.743. The van der Waals surface area contributed by atoms with Crippen molar-refractivity contribution in [3.05, 3.63) is 63.4 Å². The van der Waals surface area contributed by atoms with E-state index in [0.29, 0.717) is 0 Å². The lowest BCUT2D eigenvalue weighted by Gasteiger charge is -2.20. The predicted molar refractivity (Wildman–Crippen MR) is 85.1 cm³/mol. The number of halogens is 3. The van der Waals surface area contributed by atoms with Crippen molar-refractivity contribution in [2.45, 2.75) is 17.7 Å². The number of benzene rings is 2. The van der Waals surface area contributed by atoms with E-state index in [1.165, 1.54) is 11.6 Å². The van der Waals surface area contributed by atoms with Crippen molar-refractivity contribution in [2.75, 3.05) is 6.61 Å². The zero-order valence-electron chi connectivity index (χ0n) is 10.7. The molecule has 0 saturated carbocycles. The van der Waals surface area contributed by atoms with Crippen LogP contribution in [0.4, 0.5) is 4.39 Å². The molecule has 0 aliphatic carbocycles. The van der Waals surface area contributed by atoms with Gasteiger partial charge in [0.05, 0.1) is 11.4 Å². The number of aryl methyl sites for hydroxylation is 1. The van der Waals surface area contributed by atoms with Crippen LogP contribution < -0.4 is 4.74 Å².